The zero-order chi connectivity index (χ0) is 12.8. The molecule has 96 valence electrons. The van der Waals surface area contributed by atoms with Crippen molar-refractivity contribution in [1.82, 2.24) is 0 Å². The topological polar surface area (TPSA) is 29.5 Å². The van der Waals surface area contributed by atoms with Crippen molar-refractivity contribution >= 4 is 0 Å². The third-order valence-corrected chi connectivity index (χ3v) is 3.10. The lowest BCUT2D eigenvalue weighted by Gasteiger charge is -2.25. The van der Waals surface area contributed by atoms with Crippen LogP contribution in [0.1, 0.15) is 31.2 Å². The minimum Gasteiger partial charge on any atom is -0.492 e. The number of aliphatic hydroxyl groups excluding tert-OH is 1. The monoisotopic (exact) mass is 248 g/mol. The van der Waals surface area contributed by atoms with Crippen LogP contribution in [0.15, 0.2) is 18.2 Å². The van der Waals surface area contributed by atoms with Gasteiger partial charge in [-0.15, -0.1) is 0 Å². The smallest absolute Gasteiger partial charge is 0.137 e. The fourth-order valence-electron chi connectivity index (χ4n) is 1.80. The van der Waals surface area contributed by atoms with Gasteiger partial charge in [0.25, 0.3) is 0 Å². The first-order valence-electron chi connectivity index (χ1n) is 6.31. The van der Waals surface area contributed by atoms with E-state index in [1.54, 1.807) is 6.07 Å². The maximum atomic E-state index is 13.2. The van der Waals surface area contributed by atoms with Crippen LogP contribution in [0, 0.1) is 23.6 Å². The molecule has 0 spiro atoms. The summed E-state index contributed by atoms with van der Waals surface area (Å²) >= 11 is 0. The lowest BCUT2D eigenvalue weighted by Crippen LogP contribution is -2.19. The van der Waals surface area contributed by atoms with Gasteiger partial charge in [0.1, 0.15) is 11.6 Å². The third-order valence-electron chi connectivity index (χ3n) is 3.10. The highest BCUT2D eigenvalue weighted by Gasteiger charge is 2.18. The van der Waals surface area contributed by atoms with Crippen molar-refractivity contribution in [2.75, 3.05) is 13.2 Å². The van der Waals surface area contributed by atoms with Crippen molar-refractivity contribution in [2.24, 2.45) is 5.92 Å². The van der Waals surface area contributed by atoms with Crippen LogP contribution in [-0.2, 0) is 0 Å². The van der Waals surface area contributed by atoms with E-state index in [0.29, 0.717) is 30.3 Å². The number of halogens is 1. The molecule has 0 radical (unpaired) electrons. The first kappa shape index (κ1) is 12.9. The van der Waals surface area contributed by atoms with Crippen LogP contribution >= 0.6 is 0 Å². The molecule has 0 aromatic heterocycles. The Labute approximate surface area is 107 Å². The standard InChI is InChI=1S/C15H17FO2/c16-14-8-7-13(6-1-2-9-17)15(10-14)18-11-12-4-3-5-12/h7-8,10,12,17H,2-5,9,11H2. The highest BCUT2D eigenvalue weighted by molar-refractivity contribution is 5.46. The molecule has 0 atom stereocenters. The molecule has 0 amide bonds. The van der Waals surface area contributed by atoms with E-state index in [2.05, 4.69) is 11.8 Å². The van der Waals surface area contributed by atoms with Crippen LogP contribution in [0.3, 0.4) is 0 Å². The second kappa shape index (κ2) is 6.42. The molecule has 2 nitrogen and oxygen atoms in total. The van der Waals surface area contributed by atoms with Crippen LogP contribution in [-0.4, -0.2) is 18.3 Å². The van der Waals surface area contributed by atoms with E-state index in [-0.39, 0.29) is 12.4 Å². The summed E-state index contributed by atoms with van der Waals surface area (Å²) in [4.78, 5) is 0. The van der Waals surface area contributed by atoms with Crippen molar-refractivity contribution in [3.63, 3.8) is 0 Å². The van der Waals surface area contributed by atoms with Crippen molar-refractivity contribution in [3.8, 4) is 17.6 Å². The van der Waals surface area contributed by atoms with Gasteiger partial charge >= 0.3 is 0 Å². The number of ether oxygens (including phenoxy) is 1. The number of hydrogen-bond acceptors (Lipinski definition) is 2. The van der Waals surface area contributed by atoms with Gasteiger partial charge < -0.3 is 9.84 Å². The molecule has 1 aliphatic rings. The van der Waals surface area contributed by atoms with E-state index >= 15 is 0 Å². The van der Waals surface area contributed by atoms with Crippen molar-refractivity contribution in [3.05, 3.63) is 29.6 Å². The fourth-order valence-corrected chi connectivity index (χ4v) is 1.80. The molecule has 0 saturated heterocycles. The average molecular weight is 248 g/mol. The number of aliphatic hydroxyl groups is 1. The number of benzene rings is 1. The van der Waals surface area contributed by atoms with Gasteiger partial charge in [-0.1, -0.05) is 18.3 Å². The Kier molecular flexibility index (Phi) is 4.60. The summed E-state index contributed by atoms with van der Waals surface area (Å²) in [5, 5.41) is 8.68. The molecule has 0 heterocycles. The average Bonchev–Trinajstić information content (AvgIpc) is 2.30. The van der Waals surface area contributed by atoms with Gasteiger partial charge in [0, 0.05) is 12.5 Å². The van der Waals surface area contributed by atoms with Crippen LogP contribution in [0.4, 0.5) is 4.39 Å². The fraction of sp³-hybridized carbons (Fsp3) is 0.467. The van der Waals surface area contributed by atoms with Crippen molar-refractivity contribution in [2.45, 2.75) is 25.7 Å². The maximum Gasteiger partial charge on any atom is 0.137 e. The van der Waals surface area contributed by atoms with Crippen molar-refractivity contribution < 1.29 is 14.2 Å². The van der Waals surface area contributed by atoms with Crippen LogP contribution in [0.5, 0.6) is 5.75 Å². The first-order chi connectivity index (χ1) is 8.79. The second-order valence-corrected chi connectivity index (χ2v) is 4.52. The SMILES string of the molecule is OCCC#Cc1ccc(F)cc1OCC1CCC1. The quantitative estimate of drug-likeness (QED) is 0.830. The van der Waals surface area contributed by atoms with Crippen molar-refractivity contribution in [1.29, 1.82) is 0 Å². The zero-order valence-corrected chi connectivity index (χ0v) is 10.3. The zero-order valence-electron chi connectivity index (χ0n) is 10.3. The van der Waals surface area contributed by atoms with Gasteiger partial charge in [-0.3, -0.25) is 0 Å². The van der Waals surface area contributed by atoms with E-state index < -0.39 is 0 Å². The molecule has 1 N–H and O–H groups in total. The van der Waals surface area contributed by atoms with Gasteiger partial charge in [-0.25, -0.2) is 4.39 Å². The highest BCUT2D eigenvalue weighted by atomic mass is 19.1. The van der Waals surface area contributed by atoms with Gasteiger partial charge in [0.2, 0.25) is 0 Å². The second-order valence-electron chi connectivity index (χ2n) is 4.52. The van der Waals surface area contributed by atoms with Gasteiger partial charge in [0.05, 0.1) is 18.8 Å². The Morgan fingerprint density at radius 1 is 1.39 bits per heavy atom. The summed E-state index contributed by atoms with van der Waals surface area (Å²) in [7, 11) is 0. The van der Waals surface area contributed by atoms with E-state index in [4.69, 9.17) is 9.84 Å². The molecule has 3 heteroatoms. The molecule has 0 unspecified atom stereocenters. The predicted octanol–water partition coefficient (Wildman–Crippen LogP) is 2.74. The molecule has 1 aliphatic carbocycles. The number of hydrogen-bond donors (Lipinski definition) is 1. The predicted molar refractivity (Wildman–Crippen MR) is 67.8 cm³/mol. The van der Waals surface area contributed by atoms with E-state index in [1.807, 2.05) is 0 Å². The Balaban J connectivity index is 2.05. The molecule has 2 rings (SSSR count). The van der Waals surface area contributed by atoms with Gasteiger partial charge in [-0.2, -0.15) is 0 Å². The first-order valence-corrected chi connectivity index (χ1v) is 6.31. The van der Waals surface area contributed by atoms with E-state index in [1.165, 1.54) is 31.4 Å². The molecule has 0 bridgehead atoms. The van der Waals surface area contributed by atoms with Crippen LogP contribution < -0.4 is 4.74 Å². The summed E-state index contributed by atoms with van der Waals surface area (Å²) < 4.78 is 18.8. The summed E-state index contributed by atoms with van der Waals surface area (Å²) in [5.41, 5.74) is 0.684. The van der Waals surface area contributed by atoms with Crippen LogP contribution in [0.25, 0.3) is 0 Å². The Hall–Kier alpha value is -1.53. The minimum atomic E-state index is -0.314. The Morgan fingerprint density at radius 3 is 2.89 bits per heavy atom. The summed E-state index contributed by atoms with van der Waals surface area (Å²) in [6.45, 7) is 0.671. The molecule has 1 fully saturated rings. The lowest BCUT2D eigenvalue weighted by atomic mass is 9.86. The van der Waals surface area contributed by atoms with Gasteiger partial charge in [-0.05, 0) is 30.9 Å². The largest absolute Gasteiger partial charge is 0.492 e. The van der Waals surface area contributed by atoms with Crippen LogP contribution in [0.2, 0.25) is 0 Å². The molecule has 1 aromatic rings. The molecule has 1 saturated carbocycles. The minimum absolute atomic E-state index is 0.0342. The maximum absolute atomic E-state index is 13.2. The lowest BCUT2D eigenvalue weighted by molar-refractivity contribution is 0.180. The molecule has 18 heavy (non-hydrogen) atoms. The Morgan fingerprint density at radius 2 is 2.22 bits per heavy atom. The molecule has 1 aromatic carbocycles. The number of rotatable bonds is 4. The normalized spacial score (nSPS) is 14.6. The summed E-state index contributed by atoms with van der Waals surface area (Å²) in [6, 6.07) is 4.37. The Bertz CT molecular complexity index is 455. The third kappa shape index (κ3) is 3.48. The summed E-state index contributed by atoms with van der Waals surface area (Å²) in [6.07, 6.45) is 4.07. The molecular formula is C15H17FO2. The van der Waals surface area contributed by atoms with Gasteiger partial charge in [0.15, 0.2) is 0 Å². The van der Waals surface area contributed by atoms with E-state index in [9.17, 15) is 4.39 Å². The highest BCUT2D eigenvalue weighted by Crippen LogP contribution is 2.28. The summed E-state index contributed by atoms with van der Waals surface area (Å²) in [5.74, 6) is 6.52. The molecular weight excluding hydrogens is 231 g/mol. The molecule has 0 aliphatic heterocycles. The van der Waals surface area contributed by atoms with E-state index in [0.717, 1.165) is 0 Å².